The van der Waals surface area contributed by atoms with Crippen LogP contribution >= 0.6 is 23.2 Å². The van der Waals surface area contributed by atoms with E-state index in [0.717, 1.165) is 5.56 Å². The van der Waals surface area contributed by atoms with Crippen LogP contribution < -0.4 is 11.1 Å². The van der Waals surface area contributed by atoms with Crippen molar-refractivity contribution in [2.24, 2.45) is 0 Å². The van der Waals surface area contributed by atoms with Gasteiger partial charge in [0.2, 0.25) is 0 Å². The molecule has 0 radical (unpaired) electrons. The summed E-state index contributed by atoms with van der Waals surface area (Å²) in [4.78, 5) is 27.2. The molecule has 1 saturated heterocycles. The molecule has 3 aromatic rings. The number of hydrogen-bond donors (Lipinski definition) is 2. The predicted molar refractivity (Wildman–Crippen MR) is 126 cm³/mol. The molecule has 1 atom stereocenters. The topological polar surface area (TPSA) is 102 Å². The van der Waals surface area contributed by atoms with E-state index in [1.807, 2.05) is 12.1 Å². The van der Waals surface area contributed by atoms with Gasteiger partial charge < -0.3 is 15.4 Å². The van der Waals surface area contributed by atoms with E-state index >= 15 is 4.39 Å². The highest BCUT2D eigenvalue weighted by Crippen LogP contribution is 2.45. The van der Waals surface area contributed by atoms with Gasteiger partial charge in [-0.2, -0.15) is 5.10 Å². The number of carbonyl (C=O) groups excluding carboxylic acids is 2. The van der Waals surface area contributed by atoms with Gasteiger partial charge in [0.15, 0.2) is 11.4 Å². The van der Waals surface area contributed by atoms with E-state index < -0.39 is 17.5 Å². The van der Waals surface area contributed by atoms with Crippen LogP contribution in [0, 0.1) is 5.82 Å². The monoisotopic (exact) mass is 503 g/mol. The van der Waals surface area contributed by atoms with Gasteiger partial charge in [-0.05, 0) is 42.7 Å². The molecular weight excluding hydrogens is 484 g/mol. The van der Waals surface area contributed by atoms with Crippen molar-refractivity contribution in [2.75, 3.05) is 24.1 Å². The minimum absolute atomic E-state index is 0.0364. The first-order valence-electron chi connectivity index (χ1n) is 10.6. The maximum atomic E-state index is 15.1. The Kier molecular flexibility index (Phi) is 5.61. The minimum atomic E-state index is -1.35. The predicted octanol–water partition coefficient (Wildman–Crippen LogP) is 4.65. The number of anilines is 2. The number of hydrogen-bond acceptors (Lipinski definition) is 5. The lowest BCUT2D eigenvalue weighted by Crippen LogP contribution is -2.53. The maximum Gasteiger partial charge on any atom is 0.412 e. The number of nitrogen functional groups attached to an aromatic ring is 1. The van der Waals surface area contributed by atoms with Crippen molar-refractivity contribution in [2.45, 2.75) is 25.0 Å². The number of piperidine rings is 1. The van der Waals surface area contributed by atoms with Gasteiger partial charge in [-0.25, -0.2) is 13.9 Å². The molecule has 1 aromatic heterocycles. The van der Waals surface area contributed by atoms with Crippen LogP contribution in [0.4, 0.5) is 20.7 Å². The number of ether oxygens (including phenoxy) is 1. The van der Waals surface area contributed by atoms with E-state index in [9.17, 15) is 9.59 Å². The molecule has 3 heterocycles. The van der Waals surface area contributed by atoms with Gasteiger partial charge in [0, 0.05) is 11.6 Å². The fourth-order valence-corrected chi connectivity index (χ4v) is 4.85. The van der Waals surface area contributed by atoms with E-state index in [1.165, 1.54) is 27.9 Å². The van der Waals surface area contributed by atoms with Gasteiger partial charge in [-0.1, -0.05) is 35.3 Å². The summed E-state index contributed by atoms with van der Waals surface area (Å²) in [7, 11) is 0. The summed E-state index contributed by atoms with van der Waals surface area (Å²) in [6.07, 6.45) is 1.54. The highest BCUT2D eigenvalue weighted by Gasteiger charge is 2.48. The van der Waals surface area contributed by atoms with E-state index in [-0.39, 0.29) is 40.1 Å². The summed E-state index contributed by atoms with van der Waals surface area (Å²) >= 11 is 12.0. The van der Waals surface area contributed by atoms with Crippen LogP contribution in [0.1, 0.15) is 34.3 Å². The Balaban J connectivity index is 1.43. The average Bonchev–Trinajstić information content (AvgIpc) is 3.17. The SMILES string of the molecule is Nc1c(C(=O)N2CCC[C@@]3(C2)OC(=O)Nc2ccc(Cl)c(F)c23)cnn1Cc1ccc(Cl)cc1. The second-order valence-corrected chi connectivity index (χ2v) is 9.19. The second kappa shape index (κ2) is 8.48. The summed E-state index contributed by atoms with van der Waals surface area (Å²) in [6, 6.07) is 10.1. The van der Waals surface area contributed by atoms with Gasteiger partial charge >= 0.3 is 6.09 Å². The summed E-state index contributed by atoms with van der Waals surface area (Å²) in [6.45, 7) is 0.719. The molecule has 3 N–H and O–H groups in total. The van der Waals surface area contributed by atoms with Crippen molar-refractivity contribution >= 4 is 46.7 Å². The zero-order valence-corrected chi connectivity index (χ0v) is 19.4. The van der Waals surface area contributed by atoms with Crippen molar-refractivity contribution in [1.29, 1.82) is 0 Å². The van der Waals surface area contributed by atoms with Crippen LogP contribution in [0.5, 0.6) is 0 Å². The van der Waals surface area contributed by atoms with Crippen molar-refractivity contribution in [3.05, 3.63) is 75.1 Å². The van der Waals surface area contributed by atoms with Gasteiger partial charge in [-0.15, -0.1) is 0 Å². The Bertz CT molecular complexity index is 1300. The fraction of sp³-hybridized carbons (Fsp3) is 0.261. The van der Waals surface area contributed by atoms with Gasteiger partial charge in [0.05, 0.1) is 35.6 Å². The lowest BCUT2D eigenvalue weighted by atomic mass is 9.83. The Hall–Kier alpha value is -3.30. The van der Waals surface area contributed by atoms with Crippen LogP contribution in [0.2, 0.25) is 10.0 Å². The van der Waals surface area contributed by atoms with Gasteiger partial charge in [0.25, 0.3) is 5.91 Å². The molecule has 11 heteroatoms. The number of amides is 2. The number of halogens is 3. The summed E-state index contributed by atoms with van der Waals surface area (Å²) < 4.78 is 22.2. The van der Waals surface area contributed by atoms with E-state index in [2.05, 4.69) is 10.4 Å². The molecule has 2 aromatic carbocycles. The normalized spacial score (nSPS) is 19.5. The molecule has 2 aliphatic rings. The average molecular weight is 504 g/mol. The van der Waals surface area contributed by atoms with Crippen LogP contribution in [0.15, 0.2) is 42.6 Å². The highest BCUT2D eigenvalue weighted by molar-refractivity contribution is 6.31. The maximum absolute atomic E-state index is 15.1. The molecule has 0 unspecified atom stereocenters. The molecule has 0 aliphatic carbocycles. The number of nitrogens with zero attached hydrogens (tertiary/aromatic N) is 3. The first-order valence-corrected chi connectivity index (χ1v) is 11.4. The minimum Gasteiger partial charge on any atom is -0.436 e. The molecule has 2 amide bonds. The summed E-state index contributed by atoms with van der Waals surface area (Å²) in [5.74, 6) is -0.849. The molecule has 2 aliphatic heterocycles. The molecule has 8 nitrogen and oxygen atoms in total. The first kappa shape index (κ1) is 22.5. The fourth-order valence-electron chi connectivity index (χ4n) is 4.57. The van der Waals surface area contributed by atoms with Crippen LogP contribution in [-0.4, -0.2) is 39.8 Å². The van der Waals surface area contributed by atoms with Crippen molar-refractivity contribution in [3.8, 4) is 0 Å². The molecule has 34 heavy (non-hydrogen) atoms. The number of rotatable bonds is 3. The number of aromatic nitrogens is 2. The van der Waals surface area contributed by atoms with E-state index in [0.29, 0.717) is 31.0 Å². The number of nitrogens with two attached hydrogens (primary N) is 1. The summed E-state index contributed by atoms with van der Waals surface area (Å²) in [5, 5.41) is 7.30. The molecule has 1 spiro atoms. The standard InChI is InChI=1S/C23H20Cl2FN5O3/c24-14-4-2-13(3-5-14)11-31-20(27)15(10-28-31)21(32)30-9-1-8-23(12-30)18-17(29-22(33)34-23)7-6-16(25)19(18)26/h2-7,10H,1,8-9,11-12,27H2,(H,29,33)/t23-/m0/s1. The number of nitrogens with one attached hydrogen (secondary N) is 1. The highest BCUT2D eigenvalue weighted by atomic mass is 35.5. The van der Waals surface area contributed by atoms with Crippen LogP contribution in [0.3, 0.4) is 0 Å². The van der Waals surface area contributed by atoms with Gasteiger partial charge in [0.1, 0.15) is 11.4 Å². The number of likely N-dealkylation sites (tertiary alicyclic amines) is 1. The van der Waals surface area contributed by atoms with Crippen LogP contribution in [-0.2, 0) is 16.9 Å². The molecule has 0 bridgehead atoms. The Labute approximate surface area is 204 Å². The Morgan fingerprint density at radius 1 is 1.24 bits per heavy atom. The van der Waals surface area contributed by atoms with Crippen molar-refractivity contribution < 1.29 is 18.7 Å². The third-order valence-corrected chi connectivity index (χ3v) is 6.72. The zero-order valence-electron chi connectivity index (χ0n) is 17.9. The molecule has 176 valence electrons. The quantitative estimate of drug-likeness (QED) is 0.541. The van der Waals surface area contributed by atoms with Gasteiger partial charge in [-0.3, -0.25) is 10.1 Å². The van der Waals surface area contributed by atoms with E-state index in [4.69, 9.17) is 33.7 Å². The summed E-state index contributed by atoms with van der Waals surface area (Å²) in [5.41, 5.74) is 6.46. The second-order valence-electron chi connectivity index (χ2n) is 8.35. The molecular formula is C23H20Cl2FN5O3. The number of benzene rings is 2. The largest absolute Gasteiger partial charge is 0.436 e. The van der Waals surface area contributed by atoms with Crippen molar-refractivity contribution in [3.63, 3.8) is 0 Å². The third-order valence-electron chi connectivity index (χ3n) is 6.17. The lowest BCUT2D eigenvalue weighted by molar-refractivity contribution is -0.0418. The Morgan fingerprint density at radius 3 is 2.76 bits per heavy atom. The number of carbonyl (C=O) groups is 2. The smallest absolute Gasteiger partial charge is 0.412 e. The number of fused-ring (bicyclic) bond motifs is 2. The van der Waals surface area contributed by atoms with Crippen molar-refractivity contribution in [1.82, 2.24) is 14.7 Å². The first-order chi connectivity index (χ1) is 16.3. The molecule has 5 rings (SSSR count). The molecule has 1 fully saturated rings. The zero-order chi connectivity index (χ0) is 24.0. The molecule has 0 saturated carbocycles. The van der Waals surface area contributed by atoms with E-state index in [1.54, 1.807) is 12.1 Å². The Morgan fingerprint density at radius 2 is 2.00 bits per heavy atom. The van der Waals surface area contributed by atoms with Crippen LogP contribution in [0.25, 0.3) is 0 Å². The third kappa shape index (κ3) is 3.84. The lowest BCUT2D eigenvalue weighted by Gasteiger charge is -2.45.